The van der Waals surface area contributed by atoms with Crippen LogP contribution in [0.25, 0.3) is 0 Å². The maximum absolute atomic E-state index is 5.16. The third-order valence-electron chi connectivity index (χ3n) is 1.52. The Balaban J connectivity index is 0.000001000. The molecule has 1 aromatic carbocycles. The van der Waals surface area contributed by atoms with Crippen LogP contribution in [0.5, 0.6) is 5.75 Å². The molecule has 0 aliphatic heterocycles. The maximum Gasteiger partial charge on any atom is 0.0744 e. The van der Waals surface area contributed by atoms with Gasteiger partial charge in [0.05, 0.1) is 7.11 Å². The molecule has 0 saturated heterocycles. The smallest absolute Gasteiger partial charge is 0.0744 e. The van der Waals surface area contributed by atoms with Crippen molar-refractivity contribution in [3.05, 3.63) is 29.3 Å². The maximum atomic E-state index is 5.16. The van der Waals surface area contributed by atoms with Gasteiger partial charge in [0.1, 0.15) is 0 Å². The summed E-state index contributed by atoms with van der Waals surface area (Å²) in [6.07, 6.45) is 0. The summed E-state index contributed by atoms with van der Waals surface area (Å²) in [5.41, 5.74) is 2.28. The van der Waals surface area contributed by atoms with E-state index >= 15 is 0 Å². The van der Waals surface area contributed by atoms with E-state index in [0.717, 1.165) is 16.9 Å². The number of methoxy groups -OCH3 is 1. The minimum atomic E-state index is 0. The predicted octanol–water partition coefficient (Wildman–Crippen LogP) is 2.11. The molecule has 0 aliphatic rings. The first kappa shape index (κ1) is 11.1. The number of aryl methyl sites for hydroxylation is 2. The van der Waals surface area contributed by atoms with E-state index in [1.54, 1.807) is 7.11 Å². The van der Waals surface area contributed by atoms with E-state index in [4.69, 9.17) is 4.74 Å². The van der Waals surface area contributed by atoms with Gasteiger partial charge >= 0.3 is 0 Å². The zero-order chi connectivity index (χ0) is 7.56. The number of benzene rings is 1. The average molecular weight is 224 g/mol. The van der Waals surface area contributed by atoms with Gasteiger partial charge in [0.25, 0.3) is 0 Å². The van der Waals surface area contributed by atoms with Crippen molar-refractivity contribution < 1.29 is 37.4 Å². The van der Waals surface area contributed by atoms with Crippen LogP contribution in [0.4, 0.5) is 0 Å². The fraction of sp³-hybridized carbons (Fsp3) is 0.333. The molecule has 0 heterocycles. The van der Waals surface area contributed by atoms with Gasteiger partial charge in [0.15, 0.2) is 0 Å². The number of ether oxygens (including phenoxy) is 1. The normalized spacial score (nSPS) is 8.64. The summed E-state index contributed by atoms with van der Waals surface area (Å²) in [4.78, 5) is 0. The fourth-order valence-electron chi connectivity index (χ4n) is 1.06. The zero-order valence-corrected chi connectivity index (χ0v) is 9.98. The van der Waals surface area contributed by atoms with Crippen LogP contribution in [0.15, 0.2) is 12.1 Å². The molecule has 1 nitrogen and oxygen atoms in total. The quantitative estimate of drug-likeness (QED) is 0.664. The predicted molar refractivity (Wildman–Crippen MR) is 41.3 cm³/mol. The summed E-state index contributed by atoms with van der Waals surface area (Å²) in [7, 11) is 1.69. The van der Waals surface area contributed by atoms with Gasteiger partial charge in [-0.1, -0.05) is 13.8 Å². The van der Waals surface area contributed by atoms with Gasteiger partial charge in [0, 0.05) is 38.5 Å². The van der Waals surface area contributed by atoms with Gasteiger partial charge in [-0.15, -0.1) is 11.1 Å². The Morgan fingerprint density at radius 1 is 1.18 bits per heavy atom. The summed E-state index contributed by atoms with van der Waals surface area (Å²) in [6.45, 7) is 4.03. The Labute approximate surface area is 93.0 Å². The van der Waals surface area contributed by atoms with Gasteiger partial charge < -0.3 is 4.74 Å². The number of rotatable bonds is 1. The van der Waals surface area contributed by atoms with Gasteiger partial charge in [-0.3, -0.25) is 0 Å². The van der Waals surface area contributed by atoms with Gasteiger partial charge in [-0.2, -0.15) is 18.2 Å². The molecule has 1 aromatic rings. The van der Waals surface area contributed by atoms with E-state index in [1.165, 1.54) is 0 Å². The number of hydrogen-bond donors (Lipinski definition) is 0. The Kier molecular flexibility index (Phi) is 4.95. The monoisotopic (exact) mass is 224 g/mol. The molecular weight excluding hydrogens is 213 g/mol. The van der Waals surface area contributed by atoms with E-state index in [9.17, 15) is 0 Å². The third kappa shape index (κ3) is 2.57. The Morgan fingerprint density at radius 2 is 1.64 bits per heavy atom. The van der Waals surface area contributed by atoms with E-state index in [2.05, 4.69) is 6.07 Å². The van der Waals surface area contributed by atoms with Gasteiger partial charge in [0.2, 0.25) is 0 Å². The van der Waals surface area contributed by atoms with Crippen LogP contribution in [0.1, 0.15) is 11.1 Å². The first-order chi connectivity index (χ1) is 4.75. The van der Waals surface area contributed by atoms with Gasteiger partial charge in [-0.05, 0) is 0 Å². The largest absolute Gasteiger partial charge is 0.522 e. The minimum Gasteiger partial charge on any atom is -0.522 e. The van der Waals surface area contributed by atoms with Crippen LogP contribution in [0.3, 0.4) is 0 Å². The molecule has 1 radical (unpaired) electrons. The molecule has 11 heavy (non-hydrogen) atoms. The first-order valence-corrected chi connectivity index (χ1v) is 3.27. The minimum absolute atomic E-state index is 0. The van der Waals surface area contributed by atoms with E-state index in [-0.39, 0.29) is 32.7 Å². The fourth-order valence-corrected chi connectivity index (χ4v) is 1.06. The second-order valence-electron chi connectivity index (χ2n) is 2.35. The topological polar surface area (TPSA) is 9.23 Å². The summed E-state index contributed by atoms with van der Waals surface area (Å²) in [5, 5.41) is 0. The van der Waals surface area contributed by atoms with Crippen molar-refractivity contribution in [3.63, 3.8) is 0 Å². The molecule has 2 heteroatoms. The zero-order valence-electron chi connectivity index (χ0n) is 7.14. The van der Waals surface area contributed by atoms with Crippen molar-refractivity contribution in [2.75, 3.05) is 7.11 Å². The van der Waals surface area contributed by atoms with E-state index in [1.807, 2.05) is 26.0 Å². The van der Waals surface area contributed by atoms with Crippen molar-refractivity contribution in [3.8, 4) is 5.75 Å². The molecule has 1 rings (SSSR count). The summed E-state index contributed by atoms with van der Waals surface area (Å²) in [6, 6.07) is 6.87. The van der Waals surface area contributed by atoms with Crippen LogP contribution in [0.2, 0.25) is 0 Å². The molecule has 0 bridgehead atoms. The van der Waals surface area contributed by atoms with E-state index < -0.39 is 0 Å². The second-order valence-corrected chi connectivity index (χ2v) is 2.35. The molecule has 0 spiro atoms. The second kappa shape index (κ2) is 4.89. The van der Waals surface area contributed by atoms with Crippen molar-refractivity contribution in [1.29, 1.82) is 0 Å². The van der Waals surface area contributed by atoms with Crippen LogP contribution in [0, 0.1) is 19.9 Å². The molecule has 0 amide bonds. The van der Waals surface area contributed by atoms with Gasteiger partial charge in [-0.25, -0.2) is 0 Å². The van der Waals surface area contributed by atoms with Crippen molar-refractivity contribution >= 4 is 0 Å². The molecule has 0 unspecified atom stereocenters. The summed E-state index contributed by atoms with van der Waals surface area (Å²) < 4.78 is 5.16. The Hall–Kier alpha value is 0.124. The van der Waals surface area contributed by atoms with Crippen molar-refractivity contribution in [2.45, 2.75) is 13.8 Å². The molecule has 0 aromatic heterocycles. The average Bonchev–Trinajstić information content (AvgIpc) is 1.88. The Bertz CT molecular complexity index is 213. The van der Waals surface area contributed by atoms with Crippen molar-refractivity contribution in [1.82, 2.24) is 0 Å². The van der Waals surface area contributed by atoms with Crippen LogP contribution in [-0.4, -0.2) is 7.11 Å². The molecule has 0 aliphatic carbocycles. The molecular formula is C9H11OY-. The van der Waals surface area contributed by atoms with Crippen LogP contribution in [-0.2, 0) is 32.7 Å². The van der Waals surface area contributed by atoms with E-state index in [0.29, 0.717) is 0 Å². The molecule has 0 N–H and O–H groups in total. The number of hydrogen-bond acceptors (Lipinski definition) is 1. The summed E-state index contributed by atoms with van der Waals surface area (Å²) >= 11 is 0. The Morgan fingerprint density at radius 3 is 1.91 bits per heavy atom. The van der Waals surface area contributed by atoms with Crippen LogP contribution < -0.4 is 4.74 Å². The summed E-state index contributed by atoms with van der Waals surface area (Å²) in [5.74, 6) is 0.971. The standard InChI is InChI=1S/C9H11O.Y/c1-7-5-4-6-8(2)9(7)10-3;/h5-6H,1-3H3;/q-1;. The SMILES string of the molecule is COc1c(C)c[c-]cc1C.[Y]. The van der Waals surface area contributed by atoms with Crippen molar-refractivity contribution in [2.24, 2.45) is 0 Å². The van der Waals surface area contributed by atoms with Crippen LogP contribution >= 0.6 is 0 Å². The molecule has 0 atom stereocenters. The molecule has 57 valence electrons. The third-order valence-corrected chi connectivity index (χ3v) is 1.52. The first-order valence-electron chi connectivity index (χ1n) is 3.27. The molecule has 0 saturated carbocycles. The molecule has 0 fully saturated rings.